The summed E-state index contributed by atoms with van der Waals surface area (Å²) < 4.78 is 75.0. The molecule has 0 saturated carbocycles. The molecule has 0 unspecified atom stereocenters. The monoisotopic (exact) mass is 435 g/mol. The zero-order valence-electron chi connectivity index (χ0n) is 14.9. The lowest BCUT2D eigenvalue weighted by Crippen LogP contribution is -2.40. The number of benzene rings is 1. The molecule has 3 rings (SSSR count). The number of aromatic nitrogens is 3. The van der Waals surface area contributed by atoms with Crippen LogP contribution in [0.25, 0.3) is 15.8 Å². The molecule has 0 spiro atoms. The van der Waals surface area contributed by atoms with Crippen molar-refractivity contribution in [3.63, 3.8) is 0 Å². The lowest BCUT2D eigenvalue weighted by molar-refractivity contribution is -0.144. The van der Waals surface area contributed by atoms with E-state index in [9.17, 15) is 31.5 Å². The number of fused-ring (bicyclic) bond motifs is 1. The number of hydrogen-bond donors (Lipinski definition) is 0. The second-order valence-corrected chi connectivity index (χ2v) is 6.90. The van der Waals surface area contributed by atoms with Gasteiger partial charge in [-0.15, -0.1) is 0 Å². The summed E-state index contributed by atoms with van der Waals surface area (Å²) in [6.45, 7) is -2.23. The van der Waals surface area contributed by atoms with Crippen molar-refractivity contribution < 1.29 is 26.7 Å². The van der Waals surface area contributed by atoms with Crippen molar-refractivity contribution in [2.45, 2.75) is 18.9 Å². The van der Waals surface area contributed by atoms with E-state index in [0.717, 1.165) is 18.6 Å². The van der Waals surface area contributed by atoms with E-state index in [0.29, 0.717) is 31.0 Å². The van der Waals surface area contributed by atoms with E-state index >= 15 is 0 Å². The maximum atomic E-state index is 13.0. The largest absolute Gasteiger partial charge is 0.431 e. The van der Waals surface area contributed by atoms with Crippen molar-refractivity contribution >= 4 is 21.6 Å². The van der Waals surface area contributed by atoms with Crippen LogP contribution >= 0.6 is 11.5 Å². The van der Waals surface area contributed by atoms with E-state index in [1.54, 1.807) is 0 Å². The van der Waals surface area contributed by atoms with Crippen LogP contribution in [-0.2, 0) is 24.6 Å². The summed E-state index contributed by atoms with van der Waals surface area (Å²) in [7, 11) is 0.916. The van der Waals surface area contributed by atoms with Gasteiger partial charge in [-0.05, 0) is 29.7 Å². The van der Waals surface area contributed by atoms with Crippen LogP contribution in [0.15, 0.2) is 33.9 Å². The zero-order chi connectivity index (χ0) is 21.3. The molecule has 0 atom stereocenters. The van der Waals surface area contributed by atoms with Crippen LogP contribution in [0.3, 0.4) is 0 Å². The molecule has 12 heteroatoms. The molecule has 0 aliphatic heterocycles. The number of halogens is 5. The predicted molar refractivity (Wildman–Crippen MR) is 96.0 cm³/mol. The summed E-state index contributed by atoms with van der Waals surface area (Å²) in [5, 5.41) is 0.456. The fourth-order valence-corrected chi connectivity index (χ4v) is 3.45. The van der Waals surface area contributed by atoms with Crippen molar-refractivity contribution in [1.82, 2.24) is 13.5 Å². The number of ether oxygens (including phenoxy) is 1. The zero-order valence-corrected chi connectivity index (χ0v) is 15.7. The number of hydrogen-bond acceptors (Lipinski definition) is 5. The van der Waals surface area contributed by atoms with Gasteiger partial charge in [0.15, 0.2) is 0 Å². The fourth-order valence-electron chi connectivity index (χ4n) is 2.68. The summed E-state index contributed by atoms with van der Waals surface area (Å²) in [5.74, 6) is 0. The lowest BCUT2D eigenvalue weighted by atomic mass is 10.2. The molecule has 0 amide bonds. The lowest BCUT2D eigenvalue weighted by Gasteiger charge is -2.14. The maximum Gasteiger partial charge on any atom is 0.431 e. The molecule has 2 aromatic heterocycles. The molecule has 0 N–H and O–H groups in total. The van der Waals surface area contributed by atoms with Crippen molar-refractivity contribution in [2.24, 2.45) is 7.05 Å². The van der Waals surface area contributed by atoms with Crippen molar-refractivity contribution in [1.29, 1.82) is 0 Å². The minimum atomic E-state index is -4.86. The molecule has 0 aliphatic carbocycles. The van der Waals surface area contributed by atoms with E-state index in [4.69, 9.17) is 4.74 Å². The molecule has 0 fully saturated rings. The van der Waals surface area contributed by atoms with Crippen LogP contribution in [0.4, 0.5) is 22.0 Å². The number of alkyl halides is 5. The molecule has 29 heavy (non-hydrogen) atoms. The van der Waals surface area contributed by atoms with Crippen LogP contribution in [0, 0.1) is 0 Å². The smallest absolute Gasteiger partial charge is 0.366 e. The SMILES string of the molecule is Cn1c(C(F)(F)F)cc(=O)n(-c2ccc3snc(COC(CF)CF)c3c2)c1=O. The average molecular weight is 435 g/mol. The molecule has 0 saturated heterocycles. The predicted octanol–water partition coefficient (Wildman–Crippen LogP) is 2.99. The summed E-state index contributed by atoms with van der Waals surface area (Å²) in [4.78, 5) is 24.7. The van der Waals surface area contributed by atoms with Gasteiger partial charge < -0.3 is 4.74 Å². The Morgan fingerprint density at radius 3 is 2.48 bits per heavy atom. The summed E-state index contributed by atoms with van der Waals surface area (Å²) >= 11 is 1.07. The molecular formula is C17H14F5N3O3S. The molecule has 6 nitrogen and oxygen atoms in total. The molecule has 0 aliphatic rings. The van der Waals surface area contributed by atoms with Gasteiger partial charge in [0.2, 0.25) is 0 Å². The standard InChI is InChI=1S/C17H14F5N3O3S/c1-24-14(17(20,21)22)5-15(26)25(16(24)27)9-2-3-13-11(4-9)12(23-29-13)8-28-10(6-18)7-19/h2-5,10H,6-8H2,1H3. The molecule has 1 aromatic carbocycles. The molecule has 0 bridgehead atoms. The highest BCUT2D eigenvalue weighted by Gasteiger charge is 2.35. The highest BCUT2D eigenvalue weighted by Crippen LogP contribution is 2.28. The second kappa shape index (κ2) is 8.03. The summed E-state index contributed by atoms with van der Waals surface area (Å²) in [6.07, 6.45) is -6.10. The van der Waals surface area contributed by atoms with E-state index in [2.05, 4.69) is 4.37 Å². The second-order valence-electron chi connectivity index (χ2n) is 6.09. The Hall–Kier alpha value is -2.60. The highest BCUT2D eigenvalue weighted by atomic mass is 32.1. The van der Waals surface area contributed by atoms with Gasteiger partial charge in [-0.3, -0.25) is 9.36 Å². The van der Waals surface area contributed by atoms with E-state index in [1.165, 1.54) is 18.2 Å². The first-order valence-electron chi connectivity index (χ1n) is 8.20. The third kappa shape index (κ3) is 4.08. The minimum absolute atomic E-state index is 0.0332. The van der Waals surface area contributed by atoms with Gasteiger partial charge in [0.1, 0.15) is 25.1 Å². The van der Waals surface area contributed by atoms with Gasteiger partial charge in [-0.1, -0.05) is 0 Å². The third-order valence-electron chi connectivity index (χ3n) is 4.20. The summed E-state index contributed by atoms with van der Waals surface area (Å²) in [5.41, 5.74) is -3.31. The first-order valence-corrected chi connectivity index (χ1v) is 8.97. The Labute approximate surface area is 163 Å². The topological polar surface area (TPSA) is 66.1 Å². The Balaban J connectivity index is 2.08. The quantitative estimate of drug-likeness (QED) is 0.559. The molecule has 156 valence electrons. The van der Waals surface area contributed by atoms with Crippen LogP contribution in [0.2, 0.25) is 0 Å². The minimum Gasteiger partial charge on any atom is -0.366 e. The maximum absolute atomic E-state index is 13.0. The Morgan fingerprint density at radius 1 is 1.17 bits per heavy atom. The van der Waals surface area contributed by atoms with Gasteiger partial charge in [-0.2, -0.15) is 17.5 Å². The average Bonchev–Trinajstić information content (AvgIpc) is 3.07. The number of rotatable bonds is 6. The van der Waals surface area contributed by atoms with Crippen LogP contribution in [0.5, 0.6) is 0 Å². The highest BCUT2D eigenvalue weighted by molar-refractivity contribution is 7.13. The molecule has 0 radical (unpaired) electrons. The van der Waals surface area contributed by atoms with Crippen molar-refractivity contribution in [3.8, 4) is 5.69 Å². The van der Waals surface area contributed by atoms with Gasteiger partial charge in [-0.25, -0.2) is 18.1 Å². The van der Waals surface area contributed by atoms with Crippen LogP contribution in [0.1, 0.15) is 11.4 Å². The number of nitrogens with zero attached hydrogens (tertiary/aromatic N) is 3. The van der Waals surface area contributed by atoms with E-state index in [-0.39, 0.29) is 12.3 Å². The van der Waals surface area contributed by atoms with Gasteiger partial charge in [0, 0.05) is 18.5 Å². The van der Waals surface area contributed by atoms with Crippen molar-refractivity contribution in [3.05, 3.63) is 56.5 Å². The molecule has 3 aromatic rings. The fraction of sp³-hybridized carbons (Fsp3) is 0.353. The normalized spacial score (nSPS) is 12.2. The Kier molecular flexibility index (Phi) is 5.85. The first kappa shape index (κ1) is 21.1. The molecular weight excluding hydrogens is 421 g/mol. The van der Waals surface area contributed by atoms with Gasteiger partial charge >= 0.3 is 11.9 Å². The first-order chi connectivity index (χ1) is 13.7. The third-order valence-corrected chi connectivity index (χ3v) is 5.06. The Bertz CT molecular complexity index is 1150. The van der Waals surface area contributed by atoms with Gasteiger partial charge in [0.05, 0.1) is 22.7 Å². The van der Waals surface area contributed by atoms with Crippen LogP contribution in [-0.4, -0.2) is 33.0 Å². The van der Waals surface area contributed by atoms with Crippen LogP contribution < -0.4 is 11.2 Å². The summed E-state index contributed by atoms with van der Waals surface area (Å²) in [6, 6.07) is 4.67. The van der Waals surface area contributed by atoms with Crippen molar-refractivity contribution in [2.75, 3.05) is 13.3 Å². The van der Waals surface area contributed by atoms with E-state index < -0.39 is 42.6 Å². The van der Waals surface area contributed by atoms with Gasteiger partial charge in [0.25, 0.3) is 5.56 Å². The molecule has 2 heterocycles. The van der Waals surface area contributed by atoms with E-state index in [1.807, 2.05) is 0 Å². The Morgan fingerprint density at radius 2 is 1.86 bits per heavy atom.